The summed E-state index contributed by atoms with van der Waals surface area (Å²) in [6.45, 7) is 2.20. The first-order valence-electron chi connectivity index (χ1n) is 6.25. The van der Waals surface area contributed by atoms with Crippen LogP contribution in [0, 0.1) is 6.92 Å². The molecule has 1 rings (SSSR count). The molecule has 0 saturated heterocycles. The molecule has 1 aromatic rings. The van der Waals surface area contributed by atoms with Gasteiger partial charge in [0, 0.05) is 13.1 Å². The van der Waals surface area contributed by atoms with Crippen molar-refractivity contribution in [3.8, 4) is 5.75 Å². The smallest absolute Gasteiger partial charge is 0.227 e. The summed E-state index contributed by atoms with van der Waals surface area (Å²) in [5, 5.41) is 17.8. The van der Waals surface area contributed by atoms with Gasteiger partial charge in [-0.05, 0) is 24.1 Å². The predicted octanol–water partition coefficient (Wildman–Crippen LogP) is 0.359. The van der Waals surface area contributed by atoms with Crippen LogP contribution in [-0.4, -0.2) is 54.4 Å². The van der Waals surface area contributed by atoms with Crippen molar-refractivity contribution in [3.63, 3.8) is 0 Å². The topological polar surface area (TPSA) is 70.0 Å². The van der Waals surface area contributed by atoms with Crippen LogP contribution in [0.25, 0.3) is 0 Å². The molecule has 0 saturated carbocycles. The van der Waals surface area contributed by atoms with Crippen LogP contribution in [0.2, 0.25) is 0 Å². The van der Waals surface area contributed by atoms with Gasteiger partial charge in [-0.1, -0.05) is 12.1 Å². The highest BCUT2D eigenvalue weighted by molar-refractivity contribution is 5.79. The number of hydrogen-bond acceptors (Lipinski definition) is 4. The highest BCUT2D eigenvalue weighted by atomic mass is 16.5. The van der Waals surface area contributed by atoms with Crippen LogP contribution < -0.4 is 4.74 Å². The highest BCUT2D eigenvalue weighted by Crippen LogP contribution is 2.19. The number of aliphatic hydroxyl groups is 2. The SMILES string of the molecule is COc1cc(CC(=O)N(CCO)CCO)ccc1C. The predicted molar refractivity (Wildman–Crippen MR) is 72.2 cm³/mol. The van der Waals surface area contributed by atoms with E-state index in [1.807, 2.05) is 25.1 Å². The lowest BCUT2D eigenvalue weighted by Gasteiger charge is -2.20. The Labute approximate surface area is 113 Å². The van der Waals surface area contributed by atoms with Crippen molar-refractivity contribution < 1.29 is 19.7 Å². The van der Waals surface area contributed by atoms with E-state index in [0.29, 0.717) is 0 Å². The fourth-order valence-corrected chi connectivity index (χ4v) is 1.86. The first-order valence-corrected chi connectivity index (χ1v) is 6.25. The van der Waals surface area contributed by atoms with Crippen molar-refractivity contribution in [2.45, 2.75) is 13.3 Å². The molecule has 5 nitrogen and oxygen atoms in total. The van der Waals surface area contributed by atoms with Gasteiger partial charge in [-0.15, -0.1) is 0 Å². The Balaban J connectivity index is 2.74. The molecule has 0 unspecified atom stereocenters. The Morgan fingerprint density at radius 3 is 2.42 bits per heavy atom. The second-order valence-electron chi connectivity index (χ2n) is 4.31. The maximum Gasteiger partial charge on any atom is 0.227 e. The van der Waals surface area contributed by atoms with Gasteiger partial charge in [0.25, 0.3) is 0 Å². The van der Waals surface area contributed by atoms with Crippen LogP contribution in [0.4, 0.5) is 0 Å². The van der Waals surface area contributed by atoms with Gasteiger partial charge in [0.1, 0.15) is 5.75 Å². The van der Waals surface area contributed by atoms with Gasteiger partial charge in [0.2, 0.25) is 5.91 Å². The van der Waals surface area contributed by atoms with Gasteiger partial charge >= 0.3 is 0 Å². The Bertz CT molecular complexity index is 414. The van der Waals surface area contributed by atoms with E-state index in [2.05, 4.69) is 0 Å². The Kier molecular flexibility index (Phi) is 6.32. The molecular weight excluding hydrogens is 246 g/mol. The lowest BCUT2D eigenvalue weighted by Crippen LogP contribution is -2.36. The Morgan fingerprint density at radius 2 is 1.89 bits per heavy atom. The van der Waals surface area contributed by atoms with Crippen LogP contribution in [0.1, 0.15) is 11.1 Å². The van der Waals surface area contributed by atoms with E-state index < -0.39 is 0 Å². The molecule has 0 atom stereocenters. The maximum absolute atomic E-state index is 12.0. The minimum absolute atomic E-state index is 0.108. The normalized spacial score (nSPS) is 10.3. The number of methoxy groups -OCH3 is 1. The monoisotopic (exact) mass is 267 g/mol. The van der Waals surface area contributed by atoms with Gasteiger partial charge in [-0.25, -0.2) is 0 Å². The number of rotatable bonds is 7. The third-order valence-electron chi connectivity index (χ3n) is 2.92. The summed E-state index contributed by atoms with van der Waals surface area (Å²) in [4.78, 5) is 13.5. The molecule has 0 fully saturated rings. The molecule has 106 valence electrons. The number of ether oxygens (including phenoxy) is 1. The zero-order chi connectivity index (χ0) is 14.3. The summed E-state index contributed by atoms with van der Waals surface area (Å²) in [5.74, 6) is 0.634. The number of amides is 1. The van der Waals surface area contributed by atoms with Crippen LogP contribution >= 0.6 is 0 Å². The van der Waals surface area contributed by atoms with E-state index >= 15 is 0 Å². The van der Waals surface area contributed by atoms with Gasteiger partial charge in [-0.2, -0.15) is 0 Å². The summed E-state index contributed by atoms with van der Waals surface area (Å²) in [5.41, 5.74) is 1.87. The van der Waals surface area contributed by atoms with E-state index in [1.165, 1.54) is 4.90 Å². The first-order chi connectivity index (χ1) is 9.12. The zero-order valence-electron chi connectivity index (χ0n) is 11.4. The van der Waals surface area contributed by atoms with Crippen molar-refractivity contribution in [2.75, 3.05) is 33.4 Å². The standard InChI is InChI=1S/C14H21NO4/c1-11-3-4-12(9-13(11)19-2)10-14(18)15(5-7-16)6-8-17/h3-4,9,16-17H,5-8,10H2,1-2H3. The number of aryl methyl sites for hydroxylation is 1. The highest BCUT2D eigenvalue weighted by Gasteiger charge is 2.13. The molecule has 0 radical (unpaired) electrons. The third-order valence-corrected chi connectivity index (χ3v) is 2.92. The lowest BCUT2D eigenvalue weighted by atomic mass is 10.1. The Hall–Kier alpha value is -1.59. The number of aliphatic hydroxyl groups excluding tert-OH is 2. The van der Waals surface area contributed by atoms with Crippen molar-refractivity contribution >= 4 is 5.91 Å². The van der Waals surface area contributed by atoms with E-state index in [1.54, 1.807) is 7.11 Å². The largest absolute Gasteiger partial charge is 0.496 e. The zero-order valence-corrected chi connectivity index (χ0v) is 11.4. The minimum atomic E-state index is -0.117. The molecule has 0 aliphatic carbocycles. The molecule has 1 amide bonds. The van der Waals surface area contributed by atoms with Gasteiger partial charge in [-0.3, -0.25) is 4.79 Å². The first kappa shape index (κ1) is 15.5. The second kappa shape index (κ2) is 7.76. The van der Waals surface area contributed by atoms with Crippen molar-refractivity contribution in [1.82, 2.24) is 4.90 Å². The van der Waals surface area contributed by atoms with E-state index in [0.717, 1.165) is 16.9 Å². The molecule has 0 heterocycles. The van der Waals surface area contributed by atoms with Crippen LogP contribution in [0.3, 0.4) is 0 Å². The van der Waals surface area contributed by atoms with Crippen molar-refractivity contribution in [2.24, 2.45) is 0 Å². The number of carbonyl (C=O) groups excluding carboxylic acids is 1. The molecule has 0 aliphatic heterocycles. The molecule has 0 aliphatic rings. The number of nitrogens with zero attached hydrogens (tertiary/aromatic N) is 1. The third kappa shape index (κ3) is 4.54. The lowest BCUT2D eigenvalue weighted by molar-refractivity contribution is -0.131. The molecule has 0 bridgehead atoms. The second-order valence-corrected chi connectivity index (χ2v) is 4.31. The summed E-state index contributed by atoms with van der Waals surface area (Å²) < 4.78 is 5.22. The summed E-state index contributed by atoms with van der Waals surface area (Å²) in [7, 11) is 1.60. The molecule has 5 heteroatoms. The van der Waals surface area contributed by atoms with Crippen LogP contribution in [0.5, 0.6) is 5.75 Å². The maximum atomic E-state index is 12.0. The molecule has 0 spiro atoms. The van der Waals surface area contributed by atoms with E-state index in [-0.39, 0.29) is 38.6 Å². The average Bonchev–Trinajstić information content (AvgIpc) is 2.40. The van der Waals surface area contributed by atoms with Crippen molar-refractivity contribution in [3.05, 3.63) is 29.3 Å². The molecule has 0 aromatic heterocycles. The minimum Gasteiger partial charge on any atom is -0.496 e. The van der Waals surface area contributed by atoms with Crippen molar-refractivity contribution in [1.29, 1.82) is 0 Å². The molecule has 19 heavy (non-hydrogen) atoms. The van der Waals surface area contributed by atoms with Crippen LogP contribution in [-0.2, 0) is 11.2 Å². The fourth-order valence-electron chi connectivity index (χ4n) is 1.86. The summed E-state index contributed by atoms with van der Waals surface area (Å²) in [6, 6.07) is 5.62. The number of hydrogen-bond donors (Lipinski definition) is 2. The van der Waals surface area contributed by atoms with Gasteiger partial charge < -0.3 is 19.8 Å². The average molecular weight is 267 g/mol. The van der Waals surface area contributed by atoms with E-state index in [9.17, 15) is 4.79 Å². The Morgan fingerprint density at radius 1 is 1.26 bits per heavy atom. The van der Waals surface area contributed by atoms with Gasteiger partial charge in [0.05, 0.1) is 26.7 Å². The molecular formula is C14H21NO4. The van der Waals surface area contributed by atoms with Crippen LogP contribution in [0.15, 0.2) is 18.2 Å². The van der Waals surface area contributed by atoms with E-state index in [4.69, 9.17) is 14.9 Å². The number of benzene rings is 1. The summed E-state index contributed by atoms with van der Waals surface area (Å²) >= 11 is 0. The molecule has 2 N–H and O–H groups in total. The molecule has 1 aromatic carbocycles. The quantitative estimate of drug-likeness (QED) is 0.748. The van der Waals surface area contributed by atoms with Gasteiger partial charge in [0.15, 0.2) is 0 Å². The summed E-state index contributed by atoms with van der Waals surface area (Å²) in [6.07, 6.45) is 0.233. The number of carbonyl (C=O) groups is 1. The fraction of sp³-hybridized carbons (Fsp3) is 0.500.